The molecule has 0 aromatic rings. The van der Waals surface area contributed by atoms with Gasteiger partial charge in [0.05, 0.1) is 12.1 Å². The van der Waals surface area contributed by atoms with E-state index in [1.54, 1.807) is 7.05 Å². The van der Waals surface area contributed by atoms with E-state index >= 15 is 0 Å². The summed E-state index contributed by atoms with van der Waals surface area (Å²) < 4.78 is 0. The van der Waals surface area contributed by atoms with Crippen LogP contribution in [0.1, 0.15) is 20.3 Å². The zero-order valence-corrected chi connectivity index (χ0v) is 10.4. The molecule has 0 aromatic carbocycles. The largest absolute Gasteiger partial charge is 0.480 e. The molecule has 1 rings (SSSR count). The van der Waals surface area contributed by atoms with Crippen LogP contribution in [0, 0.1) is 5.92 Å². The van der Waals surface area contributed by atoms with Crippen LogP contribution in [0.4, 0.5) is 0 Å². The van der Waals surface area contributed by atoms with Crippen LogP contribution in [-0.4, -0.2) is 58.8 Å². The minimum absolute atomic E-state index is 0.0692. The van der Waals surface area contributed by atoms with Gasteiger partial charge in [0, 0.05) is 13.0 Å². The van der Waals surface area contributed by atoms with Gasteiger partial charge < -0.3 is 20.4 Å². The van der Waals surface area contributed by atoms with Gasteiger partial charge in [-0.25, -0.2) is 4.79 Å². The summed E-state index contributed by atoms with van der Waals surface area (Å²) in [6, 6.07) is -1.32. The topological polar surface area (TPSA) is 89.9 Å². The first kappa shape index (κ1) is 13.9. The zero-order valence-electron chi connectivity index (χ0n) is 10.4. The van der Waals surface area contributed by atoms with E-state index in [-0.39, 0.29) is 24.8 Å². The predicted octanol–water partition coefficient (Wildman–Crippen LogP) is -0.723. The summed E-state index contributed by atoms with van der Waals surface area (Å²) >= 11 is 0. The average molecular weight is 244 g/mol. The van der Waals surface area contributed by atoms with E-state index < -0.39 is 24.2 Å². The molecule has 3 N–H and O–H groups in total. The number of aliphatic hydroxyl groups is 1. The Morgan fingerprint density at radius 3 is 2.41 bits per heavy atom. The summed E-state index contributed by atoms with van der Waals surface area (Å²) in [5, 5.41) is 21.4. The molecular weight excluding hydrogens is 224 g/mol. The zero-order chi connectivity index (χ0) is 13.2. The molecule has 1 heterocycles. The van der Waals surface area contributed by atoms with Gasteiger partial charge >= 0.3 is 5.97 Å². The van der Waals surface area contributed by atoms with Crippen molar-refractivity contribution >= 4 is 11.9 Å². The Morgan fingerprint density at radius 1 is 1.41 bits per heavy atom. The maximum absolute atomic E-state index is 12.2. The molecule has 0 bridgehead atoms. The molecule has 1 aliphatic heterocycles. The second-order valence-electron chi connectivity index (χ2n) is 4.74. The van der Waals surface area contributed by atoms with E-state index in [9.17, 15) is 14.7 Å². The number of nitrogens with one attached hydrogen (secondary N) is 1. The number of aliphatic carboxylic acids is 1. The summed E-state index contributed by atoms with van der Waals surface area (Å²) in [5.41, 5.74) is 0. The summed E-state index contributed by atoms with van der Waals surface area (Å²) in [5.74, 6) is -1.25. The Morgan fingerprint density at radius 2 is 2.00 bits per heavy atom. The maximum atomic E-state index is 12.2. The normalized spacial score (nSPS) is 26.3. The molecular formula is C11H20N2O4. The van der Waals surface area contributed by atoms with Crippen LogP contribution in [0.2, 0.25) is 0 Å². The molecule has 6 nitrogen and oxygen atoms in total. The van der Waals surface area contributed by atoms with Crippen LogP contribution < -0.4 is 5.32 Å². The third-order valence-corrected chi connectivity index (χ3v) is 3.09. The van der Waals surface area contributed by atoms with Crippen molar-refractivity contribution in [2.75, 3.05) is 13.6 Å². The number of aliphatic hydroxyl groups excluding tert-OH is 1. The van der Waals surface area contributed by atoms with Crippen LogP contribution in [0.5, 0.6) is 0 Å². The lowest BCUT2D eigenvalue weighted by atomic mass is 10.0. The van der Waals surface area contributed by atoms with Gasteiger partial charge in [0.15, 0.2) is 0 Å². The summed E-state index contributed by atoms with van der Waals surface area (Å²) in [6.45, 7) is 3.88. The SMILES string of the molecule is CN[C@H](C(=O)N1C[C@H](O)C[C@H]1C(=O)O)C(C)C. The second kappa shape index (κ2) is 5.46. The van der Waals surface area contributed by atoms with E-state index in [4.69, 9.17) is 5.11 Å². The first-order valence-electron chi connectivity index (χ1n) is 5.77. The van der Waals surface area contributed by atoms with Crippen molar-refractivity contribution in [3.63, 3.8) is 0 Å². The number of β-amino-alcohol motifs (C(OH)–C–C–N with tert-alkyl or cyclic N) is 1. The fraction of sp³-hybridized carbons (Fsp3) is 0.818. The van der Waals surface area contributed by atoms with Gasteiger partial charge in [-0.2, -0.15) is 0 Å². The molecule has 0 radical (unpaired) electrons. The molecule has 0 saturated carbocycles. The number of carboxylic acid groups (broad SMARTS) is 1. The Balaban J connectivity index is 2.83. The molecule has 1 aliphatic rings. The van der Waals surface area contributed by atoms with Crippen molar-refractivity contribution in [2.24, 2.45) is 5.92 Å². The molecule has 0 aromatic heterocycles. The predicted molar refractivity (Wildman–Crippen MR) is 61.4 cm³/mol. The number of hydrogen-bond acceptors (Lipinski definition) is 4. The van der Waals surface area contributed by atoms with Gasteiger partial charge in [-0.1, -0.05) is 13.8 Å². The highest BCUT2D eigenvalue weighted by atomic mass is 16.4. The van der Waals surface area contributed by atoms with Crippen molar-refractivity contribution in [3.05, 3.63) is 0 Å². The average Bonchev–Trinajstić information content (AvgIpc) is 2.60. The number of carboxylic acids is 1. The lowest BCUT2D eigenvalue weighted by Gasteiger charge is -2.28. The van der Waals surface area contributed by atoms with Crippen LogP contribution in [0.25, 0.3) is 0 Å². The van der Waals surface area contributed by atoms with Crippen molar-refractivity contribution in [2.45, 2.75) is 38.5 Å². The van der Waals surface area contributed by atoms with Gasteiger partial charge in [-0.3, -0.25) is 4.79 Å². The first-order chi connectivity index (χ1) is 7.88. The van der Waals surface area contributed by atoms with Gasteiger partial charge in [0.2, 0.25) is 5.91 Å². The van der Waals surface area contributed by atoms with E-state index in [0.29, 0.717) is 0 Å². The molecule has 17 heavy (non-hydrogen) atoms. The monoisotopic (exact) mass is 244 g/mol. The quantitative estimate of drug-likeness (QED) is 0.607. The maximum Gasteiger partial charge on any atom is 0.326 e. The summed E-state index contributed by atoms with van der Waals surface area (Å²) in [4.78, 5) is 24.4. The van der Waals surface area contributed by atoms with Gasteiger partial charge in [-0.05, 0) is 13.0 Å². The molecule has 98 valence electrons. The van der Waals surface area contributed by atoms with Crippen LogP contribution in [-0.2, 0) is 9.59 Å². The number of carbonyl (C=O) groups is 2. The van der Waals surface area contributed by atoms with E-state index in [1.807, 2.05) is 13.8 Å². The van der Waals surface area contributed by atoms with Gasteiger partial charge in [0.1, 0.15) is 6.04 Å². The molecule has 1 saturated heterocycles. The Bertz CT molecular complexity index is 306. The summed E-state index contributed by atoms with van der Waals surface area (Å²) in [7, 11) is 1.67. The number of likely N-dealkylation sites (N-methyl/N-ethyl adjacent to an activating group) is 1. The molecule has 1 amide bonds. The Kier molecular flexibility index (Phi) is 4.47. The molecule has 0 spiro atoms. The van der Waals surface area contributed by atoms with Crippen LogP contribution in [0.15, 0.2) is 0 Å². The molecule has 3 atom stereocenters. The number of rotatable bonds is 4. The van der Waals surface area contributed by atoms with E-state index in [1.165, 1.54) is 4.90 Å². The third-order valence-electron chi connectivity index (χ3n) is 3.09. The summed E-state index contributed by atoms with van der Waals surface area (Å²) in [6.07, 6.45) is -0.639. The molecule has 1 fully saturated rings. The van der Waals surface area contributed by atoms with Crippen molar-refractivity contribution in [1.29, 1.82) is 0 Å². The number of amides is 1. The van der Waals surface area contributed by atoms with Crippen LogP contribution in [0.3, 0.4) is 0 Å². The van der Waals surface area contributed by atoms with E-state index in [0.717, 1.165) is 0 Å². The second-order valence-corrected chi connectivity index (χ2v) is 4.74. The highest BCUT2D eigenvalue weighted by Crippen LogP contribution is 2.20. The van der Waals surface area contributed by atoms with Crippen LogP contribution >= 0.6 is 0 Å². The number of carbonyl (C=O) groups excluding carboxylic acids is 1. The smallest absolute Gasteiger partial charge is 0.326 e. The number of hydrogen-bond donors (Lipinski definition) is 3. The molecule has 0 aliphatic carbocycles. The number of likely N-dealkylation sites (tertiary alicyclic amines) is 1. The van der Waals surface area contributed by atoms with Crippen molar-refractivity contribution in [3.8, 4) is 0 Å². The number of nitrogens with zero attached hydrogens (tertiary/aromatic N) is 1. The molecule has 0 unspecified atom stereocenters. The van der Waals surface area contributed by atoms with Gasteiger partial charge in [-0.15, -0.1) is 0 Å². The Hall–Kier alpha value is -1.14. The Labute approximate surface area is 101 Å². The first-order valence-corrected chi connectivity index (χ1v) is 5.77. The van der Waals surface area contributed by atoms with Crippen molar-refractivity contribution < 1.29 is 19.8 Å². The fourth-order valence-electron chi connectivity index (χ4n) is 2.21. The molecule has 6 heteroatoms. The third kappa shape index (κ3) is 2.95. The van der Waals surface area contributed by atoms with Gasteiger partial charge in [0.25, 0.3) is 0 Å². The highest BCUT2D eigenvalue weighted by Gasteiger charge is 2.41. The van der Waals surface area contributed by atoms with E-state index in [2.05, 4.69) is 5.32 Å². The highest BCUT2D eigenvalue weighted by molar-refractivity contribution is 5.87. The minimum Gasteiger partial charge on any atom is -0.480 e. The minimum atomic E-state index is -1.06. The van der Waals surface area contributed by atoms with Crippen molar-refractivity contribution in [1.82, 2.24) is 10.2 Å². The fourth-order valence-corrected chi connectivity index (χ4v) is 2.21. The lowest BCUT2D eigenvalue weighted by Crippen LogP contribution is -2.51. The standard InChI is InChI=1S/C11H20N2O4/c1-6(2)9(12-3)10(15)13-5-7(14)4-8(13)11(16)17/h6-9,12,14H,4-5H2,1-3H3,(H,16,17)/t7-,8+,9+/m1/s1. The lowest BCUT2D eigenvalue weighted by molar-refractivity contribution is -0.149.